The third-order valence-electron chi connectivity index (χ3n) is 3.10. The number of carbonyl (C=O) groups excluding carboxylic acids is 1. The molecule has 0 bridgehead atoms. The highest BCUT2D eigenvalue weighted by Gasteiger charge is 2.20. The minimum absolute atomic E-state index is 0.126. The molecule has 4 heteroatoms. The zero-order chi connectivity index (χ0) is 12.0. The van der Waals surface area contributed by atoms with E-state index in [4.69, 9.17) is 0 Å². The van der Waals surface area contributed by atoms with E-state index in [0.717, 1.165) is 25.6 Å². The predicted molar refractivity (Wildman–Crippen MR) is 64.3 cm³/mol. The van der Waals surface area contributed by atoms with Crippen molar-refractivity contribution in [2.45, 2.75) is 32.7 Å². The van der Waals surface area contributed by atoms with Crippen molar-refractivity contribution in [1.82, 2.24) is 10.2 Å². The van der Waals surface area contributed by atoms with Crippen LogP contribution in [0.4, 0.5) is 0 Å². The van der Waals surface area contributed by atoms with Crippen LogP contribution in [0.15, 0.2) is 0 Å². The zero-order valence-electron chi connectivity index (χ0n) is 10.7. The monoisotopic (exact) mass is 228 g/mol. The van der Waals surface area contributed by atoms with E-state index in [1.165, 1.54) is 20.0 Å². The Balaban J connectivity index is 2.16. The van der Waals surface area contributed by atoms with Crippen LogP contribution in [0.3, 0.4) is 0 Å². The van der Waals surface area contributed by atoms with E-state index in [-0.39, 0.29) is 5.97 Å². The van der Waals surface area contributed by atoms with Crippen LogP contribution in [-0.2, 0) is 9.53 Å². The molecule has 1 heterocycles. The number of likely N-dealkylation sites (tertiary alicyclic amines) is 1. The van der Waals surface area contributed by atoms with Crippen molar-refractivity contribution in [3.05, 3.63) is 0 Å². The minimum atomic E-state index is -0.126. The normalized spacial score (nSPS) is 19.0. The first-order valence-electron chi connectivity index (χ1n) is 6.14. The summed E-state index contributed by atoms with van der Waals surface area (Å²) in [5.41, 5.74) is 0. The zero-order valence-corrected chi connectivity index (χ0v) is 10.7. The van der Waals surface area contributed by atoms with Gasteiger partial charge in [0.25, 0.3) is 0 Å². The van der Waals surface area contributed by atoms with Crippen LogP contribution in [0.1, 0.15) is 26.7 Å². The molecule has 0 aromatic rings. The van der Waals surface area contributed by atoms with E-state index in [2.05, 4.69) is 28.8 Å². The number of methoxy groups -OCH3 is 1. The Morgan fingerprint density at radius 1 is 1.44 bits per heavy atom. The molecule has 1 saturated heterocycles. The molecular formula is C12H24N2O2. The van der Waals surface area contributed by atoms with Gasteiger partial charge in [0.15, 0.2) is 0 Å². The number of piperidine rings is 1. The van der Waals surface area contributed by atoms with Crippen molar-refractivity contribution in [1.29, 1.82) is 0 Å². The van der Waals surface area contributed by atoms with Crippen LogP contribution >= 0.6 is 0 Å². The van der Waals surface area contributed by atoms with Gasteiger partial charge >= 0.3 is 5.97 Å². The van der Waals surface area contributed by atoms with Gasteiger partial charge in [0.2, 0.25) is 0 Å². The molecule has 1 aliphatic rings. The third kappa shape index (κ3) is 4.94. The van der Waals surface area contributed by atoms with Crippen LogP contribution in [0, 0.1) is 5.92 Å². The van der Waals surface area contributed by atoms with Gasteiger partial charge in [-0.3, -0.25) is 9.69 Å². The Hall–Kier alpha value is -0.610. The number of esters is 1. The molecule has 1 fully saturated rings. The molecule has 4 nitrogen and oxygen atoms in total. The SMILES string of the molecule is COC(=O)CN1CCC(CNC(C)C)CC1. The standard InChI is InChI=1S/C12H24N2O2/c1-10(2)13-8-11-4-6-14(7-5-11)9-12(15)16-3/h10-11,13H,4-9H2,1-3H3. The van der Waals surface area contributed by atoms with E-state index in [0.29, 0.717) is 12.6 Å². The topological polar surface area (TPSA) is 41.6 Å². The van der Waals surface area contributed by atoms with Crippen molar-refractivity contribution >= 4 is 5.97 Å². The average molecular weight is 228 g/mol. The van der Waals surface area contributed by atoms with Crippen LogP contribution in [-0.4, -0.2) is 50.2 Å². The largest absolute Gasteiger partial charge is 0.468 e. The number of nitrogens with one attached hydrogen (secondary N) is 1. The maximum atomic E-state index is 11.1. The van der Waals surface area contributed by atoms with E-state index in [1.807, 2.05) is 0 Å². The molecule has 1 aliphatic heterocycles. The van der Waals surface area contributed by atoms with Gasteiger partial charge in [-0.25, -0.2) is 0 Å². The molecule has 1 N–H and O–H groups in total. The van der Waals surface area contributed by atoms with Gasteiger partial charge in [0.1, 0.15) is 0 Å². The molecule has 0 unspecified atom stereocenters. The van der Waals surface area contributed by atoms with Crippen molar-refractivity contribution in [2.24, 2.45) is 5.92 Å². The van der Waals surface area contributed by atoms with Gasteiger partial charge < -0.3 is 10.1 Å². The third-order valence-corrected chi connectivity index (χ3v) is 3.10. The van der Waals surface area contributed by atoms with Crippen LogP contribution in [0.25, 0.3) is 0 Å². The Morgan fingerprint density at radius 2 is 2.06 bits per heavy atom. The molecule has 0 radical (unpaired) electrons. The van der Waals surface area contributed by atoms with E-state index >= 15 is 0 Å². The lowest BCUT2D eigenvalue weighted by atomic mass is 9.96. The van der Waals surface area contributed by atoms with Gasteiger partial charge in [-0.2, -0.15) is 0 Å². The van der Waals surface area contributed by atoms with Crippen molar-refractivity contribution in [3.63, 3.8) is 0 Å². The second-order valence-electron chi connectivity index (χ2n) is 4.86. The highest BCUT2D eigenvalue weighted by molar-refractivity contribution is 5.71. The lowest BCUT2D eigenvalue weighted by molar-refractivity contribution is -0.142. The highest BCUT2D eigenvalue weighted by atomic mass is 16.5. The first-order chi connectivity index (χ1) is 7.61. The number of hydrogen-bond acceptors (Lipinski definition) is 4. The summed E-state index contributed by atoms with van der Waals surface area (Å²) in [5, 5.41) is 3.47. The molecule has 16 heavy (non-hydrogen) atoms. The summed E-state index contributed by atoms with van der Waals surface area (Å²) in [5.74, 6) is 0.634. The molecule has 0 spiro atoms. The van der Waals surface area contributed by atoms with Crippen molar-refractivity contribution in [3.8, 4) is 0 Å². The van der Waals surface area contributed by atoms with Gasteiger partial charge in [0, 0.05) is 6.04 Å². The summed E-state index contributed by atoms with van der Waals surface area (Å²) in [6.07, 6.45) is 2.35. The highest BCUT2D eigenvalue weighted by Crippen LogP contribution is 2.16. The second kappa shape index (κ2) is 6.86. The van der Waals surface area contributed by atoms with E-state index in [9.17, 15) is 4.79 Å². The quantitative estimate of drug-likeness (QED) is 0.709. The Bertz CT molecular complexity index is 211. The number of ether oxygens (including phenoxy) is 1. The molecular weight excluding hydrogens is 204 g/mol. The molecule has 1 rings (SSSR count). The molecule has 0 aromatic carbocycles. The van der Waals surface area contributed by atoms with Gasteiger partial charge in [-0.05, 0) is 38.4 Å². The fourth-order valence-electron chi connectivity index (χ4n) is 2.00. The van der Waals surface area contributed by atoms with Gasteiger partial charge in [0.05, 0.1) is 13.7 Å². The average Bonchev–Trinajstić information content (AvgIpc) is 2.28. The summed E-state index contributed by atoms with van der Waals surface area (Å²) in [6, 6.07) is 0.563. The molecule has 94 valence electrons. The first kappa shape index (κ1) is 13.5. The second-order valence-corrected chi connectivity index (χ2v) is 4.86. The summed E-state index contributed by atoms with van der Waals surface area (Å²) in [4.78, 5) is 13.3. The van der Waals surface area contributed by atoms with Crippen LogP contribution in [0.5, 0.6) is 0 Å². The van der Waals surface area contributed by atoms with E-state index in [1.54, 1.807) is 0 Å². The number of nitrogens with zero attached hydrogens (tertiary/aromatic N) is 1. The molecule has 0 saturated carbocycles. The van der Waals surface area contributed by atoms with Crippen LogP contribution in [0.2, 0.25) is 0 Å². The summed E-state index contributed by atoms with van der Waals surface area (Å²) >= 11 is 0. The Morgan fingerprint density at radius 3 is 2.56 bits per heavy atom. The smallest absolute Gasteiger partial charge is 0.319 e. The van der Waals surface area contributed by atoms with Crippen molar-refractivity contribution in [2.75, 3.05) is 33.3 Å². The number of hydrogen-bond donors (Lipinski definition) is 1. The van der Waals surface area contributed by atoms with Crippen molar-refractivity contribution < 1.29 is 9.53 Å². The molecule has 0 aliphatic carbocycles. The predicted octanol–water partition coefficient (Wildman–Crippen LogP) is 0.869. The summed E-state index contributed by atoms with van der Waals surface area (Å²) in [7, 11) is 1.45. The maximum absolute atomic E-state index is 11.1. The first-order valence-corrected chi connectivity index (χ1v) is 6.14. The summed E-state index contributed by atoms with van der Waals surface area (Å²) < 4.78 is 4.67. The van der Waals surface area contributed by atoms with Gasteiger partial charge in [-0.1, -0.05) is 13.8 Å². The molecule has 0 aromatic heterocycles. The lowest BCUT2D eigenvalue weighted by Gasteiger charge is -2.31. The molecule has 0 amide bonds. The lowest BCUT2D eigenvalue weighted by Crippen LogP contribution is -2.41. The molecule has 0 atom stereocenters. The van der Waals surface area contributed by atoms with Gasteiger partial charge in [-0.15, -0.1) is 0 Å². The number of rotatable bonds is 5. The summed E-state index contributed by atoms with van der Waals surface area (Å²) in [6.45, 7) is 7.92. The minimum Gasteiger partial charge on any atom is -0.468 e. The van der Waals surface area contributed by atoms with Crippen LogP contribution < -0.4 is 5.32 Å². The fourth-order valence-corrected chi connectivity index (χ4v) is 2.00. The number of carbonyl (C=O) groups is 1. The van der Waals surface area contributed by atoms with E-state index < -0.39 is 0 Å². The Kier molecular flexibility index (Phi) is 5.77. The maximum Gasteiger partial charge on any atom is 0.319 e. The Labute approximate surface area is 98.3 Å². The fraction of sp³-hybridized carbons (Fsp3) is 0.917.